The van der Waals surface area contributed by atoms with Gasteiger partial charge in [0, 0.05) is 12.1 Å². The Hall–Kier alpha value is -1.64. The zero-order valence-corrected chi connectivity index (χ0v) is 14.1. The highest BCUT2D eigenvalue weighted by molar-refractivity contribution is 5.43. The van der Waals surface area contributed by atoms with Crippen molar-refractivity contribution in [2.75, 3.05) is 0 Å². The number of ether oxygens (including phenoxy) is 1. The zero-order valence-electron chi connectivity index (χ0n) is 14.1. The summed E-state index contributed by atoms with van der Waals surface area (Å²) in [5, 5.41) is 3.73. The minimum absolute atomic E-state index is 0.0994. The van der Waals surface area contributed by atoms with Crippen molar-refractivity contribution in [3.63, 3.8) is 0 Å². The lowest BCUT2D eigenvalue weighted by atomic mass is 9.95. The molecule has 2 nitrogen and oxygen atoms in total. The van der Waals surface area contributed by atoms with Gasteiger partial charge in [-0.1, -0.05) is 48.5 Å². The van der Waals surface area contributed by atoms with Crippen molar-refractivity contribution in [3.05, 3.63) is 70.8 Å². The Morgan fingerprint density at radius 2 is 1.29 bits per heavy atom. The van der Waals surface area contributed by atoms with Crippen LogP contribution in [0.4, 0.5) is 0 Å². The van der Waals surface area contributed by atoms with Crippen molar-refractivity contribution in [2.45, 2.75) is 62.8 Å². The van der Waals surface area contributed by atoms with Crippen LogP contribution in [0.15, 0.2) is 48.5 Å². The summed E-state index contributed by atoms with van der Waals surface area (Å²) in [6, 6.07) is 19.1. The molecule has 2 aromatic carbocycles. The van der Waals surface area contributed by atoms with Crippen LogP contribution in [0.5, 0.6) is 0 Å². The van der Waals surface area contributed by atoms with Crippen LogP contribution in [0.1, 0.15) is 54.0 Å². The first-order valence-electron chi connectivity index (χ1n) is 9.44. The van der Waals surface area contributed by atoms with E-state index in [9.17, 15) is 0 Å². The van der Waals surface area contributed by atoms with Gasteiger partial charge in [0.15, 0.2) is 0 Å². The number of piperidine rings is 1. The summed E-state index contributed by atoms with van der Waals surface area (Å²) in [5.74, 6) is 0. The lowest BCUT2D eigenvalue weighted by molar-refractivity contribution is -0.0184. The van der Waals surface area contributed by atoms with E-state index in [-0.39, 0.29) is 6.10 Å². The van der Waals surface area contributed by atoms with Gasteiger partial charge in [0.1, 0.15) is 6.10 Å². The van der Waals surface area contributed by atoms with Gasteiger partial charge in [-0.3, -0.25) is 0 Å². The minimum Gasteiger partial charge on any atom is -0.365 e. The predicted octanol–water partition coefficient (Wildman–Crippen LogP) is 4.17. The molecular weight excluding hydrogens is 294 g/mol. The molecule has 124 valence electrons. The minimum atomic E-state index is 0.0994. The van der Waals surface area contributed by atoms with Crippen molar-refractivity contribution in [1.82, 2.24) is 5.32 Å². The van der Waals surface area contributed by atoms with Crippen LogP contribution in [0.2, 0.25) is 0 Å². The number of benzene rings is 2. The van der Waals surface area contributed by atoms with Gasteiger partial charge in [-0.15, -0.1) is 0 Å². The van der Waals surface area contributed by atoms with Crippen LogP contribution in [0.25, 0.3) is 0 Å². The third-order valence-corrected chi connectivity index (χ3v) is 6.10. The van der Waals surface area contributed by atoms with E-state index in [0.29, 0.717) is 18.2 Å². The highest BCUT2D eigenvalue weighted by Crippen LogP contribution is 2.38. The Morgan fingerprint density at radius 1 is 0.750 bits per heavy atom. The SMILES string of the molecule is c1ccc2c(c1)CCc1ccccc1C2OC1C[C@H]2CC[C@@H](C1)N2. The molecule has 3 atom stereocenters. The van der Waals surface area contributed by atoms with E-state index in [4.69, 9.17) is 4.74 Å². The maximum absolute atomic E-state index is 6.81. The van der Waals surface area contributed by atoms with Crippen molar-refractivity contribution in [2.24, 2.45) is 0 Å². The quantitative estimate of drug-likeness (QED) is 0.897. The molecule has 2 heterocycles. The molecule has 2 heteroatoms. The van der Waals surface area contributed by atoms with Gasteiger partial charge in [-0.2, -0.15) is 0 Å². The average molecular weight is 319 g/mol. The van der Waals surface area contributed by atoms with E-state index >= 15 is 0 Å². The monoisotopic (exact) mass is 319 g/mol. The number of hydrogen-bond donors (Lipinski definition) is 1. The van der Waals surface area contributed by atoms with E-state index in [2.05, 4.69) is 53.8 Å². The summed E-state index contributed by atoms with van der Waals surface area (Å²) in [7, 11) is 0. The van der Waals surface area contributed by atoms with Crippen LogP contribution in [-0.2, 0) is 17.6 Å². The van der Waals surface area contributed by atoms with E-state index in [0.717, 1.165) is 25.7 Å². The molecule has 0 aromatic heterocycles. The first kappa shape index (κ1) is 14.7. The smallest absolute Gasteiger partial charge is 0.108 e. The second-order valence-electron chi connectivity index (χ2n) is 7.65. The summed E-state index contributed by atoms with van der Waals surface area (Å²) >= 11 is 0. The summed E-state index contributed by atoms with van der Waals surface area (Å²) in [6.45, 7) is 0. The van der Waals surface area contributed by atoms with E-state index in [1.165, 1.54) is 35.1 Å². The number of nitrogens with one attached hydrogen (secondary N) is 1. The molecule has 3 aliphatic rings. The molecule has 0 radical (unpaired) electrons. The van der Waals surface area contributed by atoms with Crippen LogP contribution in [-0.4, -0.2) is 18.2 Å². The van der Waals surface area contributed by atoms with Crippen molar-refractivity contribution < 1.29 is 4.74 Å². The molecule has 1 N–H and O–H groups in total. The zero-order chi connectivity index (χ0) is 15.9. The van der Waals surface area contributed by atoms with Crippen LogP contribution in [0.3, 0.4) is 0 Å². The second-order valence-corrected chi connectivity index (χ2v) is 7.65. The fourth-order valence-electron chi connectivity index (χ4n) is 4.93. The Labute approximate surface area is 144 Å². The number of hydrogen-bond acceptors (Lipinski definition) is 2. The van der Waals surface area contributed by atoms with Gasteiger partial charge in [0.25, 0.3) is 0 Å². The topological polar surface area (TPSA) is 21.3 Å². The molecule has 2 aromatic rings. The fraction of sp³-hybridized carbons (Fsp3) is 0.455. The first-order chi connectivity index (χ1) is 11.9. The molecule has 0 amide bonds. The maximum Gasteiger partial charge on any atom is 0.108 e. The normalized spacial score (nSPS) is 28.9. The fourth-order valence-corrected chi connectivity index (χ4v) is 4.93. The Balaban J connectivity index is 1.51. The van der Waals surface area contributed by atoms with Gasteiger partial charge in [-0.25, -0.2) is 0 Å². The van der Waals surface area contributed by atoms with Gasteiger partial charge < -0.3 is 10.1 Å². The Bertz CT molecular complexity index is 681. The molecule has 2 aliphatic heterocycles. The number of aryl methyl sites for hydroxylation is 2. The van der Waals surface area contributed by atoms with Crippen molar-refractivity contribution in [1.29, 1.82) is 0 Å². The van der Waals surface area contributed by atoms with Gasteiger partial charge in [0.05, 0.1) is 6.10 Å². The lowest BCUT2D eigenvalue weighted by Gasteiger charge is -2.33. The average Bonchev–Trinajstić information content (AvgIpc) is 2.88. The van der Waals surface area contributed by atoms with E-state index in [1.54, 1.807) is 0 Å². The van der Waals surface area contributed by atoms with E-state index < -0.39 is 0 Å². The van der Waals surface area contributed by atoms with Crippen LogP contribution < -0.4 is 5.32 Å². The third kappa shape index (κ3) is 2.58. The van der Waals surface area contributed by atoms with Crippen molar-refractivity contribution in [3.8, 4) is 0 Å². The standard InChI is InChI=1S/C22H25NO/c1-3-7-20-15(5-1)9-10-16-6-2-4-8-21(16)22(20)24-19-13-17-11-12-18(14-19)23-17/h1-8,17-19,22-23H,9-14H2/t17-,18+,19?. The Kier molecular flexibility index (Phi) is 3.68. The van der Waals surface area contributed by atoms with Gasteiger partial charge in [-0.05, 0) is 60.8 Å². The summed E-state index contributed by atoms with van der Waals surface area (Å²) in [6.07, 6.45) is 7.68. The molecule has 2 bridgehead atoms. The highest BCUT2D eigenvalue weighted by atomic mass is 16.5. The molecular formula is C22H25NO. The number of fused-ring (bicyclic) bond motifs is 4. The maximum atomic E-state index is 6.81. The highest BCUT2D eigenvalue weighted by Gasteiger charge is 2.36. The van der Waals surface area contributed by atoms with Crippen LogP contribution >= 0.6 is 0 Å². The summed E-state index contributed by atoms with van der Waals surface area (Å²) in [4.78, 5) is 0. The molecule has 5 rings (SSSR count). The molecule has 2 saturated heterocycles. The molecule has 2 fully saturated rings. The lowest BCUT2D eigenvalue weighted by Crippen LogP contribution is -2.41. The molecule has 1 aliphatic carbocycles. The summed E-state index contributed by atoms with van der Waals surface area (Å²) < 4.78 is 6.81. The first-order valence-corrected chi connectivity index (χ1v) is 9.44. The number of rotatable bonds is 2. The van der Waals surface area contributed by atoms with Gasteiger partial charge >= 0.3 is 0 Å². The predicted molar refractivity (Wildman–Crippen MR) is 96.2 cm³/mol. The van der Waals surface area contributed by atoms with Crippen LogP contribution in [0, 0.1) is 0 Å². The molecule has 0 saturated carbocycles. The third-order valence-electron chi connectivity index (χ3n) is 6.10. The Morgan fingerprint density at radius 3 is 1.88 bits per heavy atom. The molecule has 24 heavy (non-hydrogen) atoms. The molecule has 1 unspecified atom stereocenters. The second kappa shape index (κ2) is 6.02. The van der Waals surface area contributed by atoms with E-state index in [1.807, 2.05) is 0 Å². The summed E-state index contributed by atoms with van der Waals surface area (Å²) in [5.41, 5.74) is 5.67. The molecule has 0 spiro atoms. The van der Waals surface area contributed by atoms with Gasteiger partial charge in [0.2, 0.25) is 0 Å². The van der Waals surface area contributed by atoms with Crippen molar-refractivity contribution >= 4 is 0 Å². The largest absolute Gasteiger partial charge is 0.365 e.